The third-order valence-electron chi connectivity index (χ3n) is 4.51. The summed E-state index contributed by atoms with van der Waals surface area (Å²) < 4.78 is 1.85. The van der Waals surface area contributed by atoms with Crippen molar-refractivity contribution in [3.05, 3.63) is 52.3 Å². The predicted octanol–water partition coefficient (Wildman–Crippen LogP) is 3.48. The fourth-order valence-electron chi connectivity index (χ4n) is 3.31. The lowest BCUT2D eigenvalue weighted by atomic mass is 9.90. The van der Waals surface area contributed by atoms with Crippen LogP contribution in [0.25, 0.3) is 0 Å². The Hall–Kier alpha value is -1.65. The van der Waals surface area contributed by atoms with E-state index >= 15 is 0 Å². The average Bonchev–Trinajstić information content (AvgIpc) is 2.85. The number of halogens is 1. The molecule has 2 heterocycles. The standard InChI is InChI=1S/C18H22ClN3O/c1-13-16(10-21(2)20-13)12-22-9-3-4-15(11-22)18(23)14-5-7-17(19)8-6-14/h5-8,10,15H,3-4,9,11-12H2,1-2H3/t15-/m0/s1. The molecular weight excluding hydrogens is 310 g/mol. The quantitative estimate of drug-likeness (QED) is 0.805. The van der Waals surface area contributed by atoms with E-state index in [0.29, 0.717) is 5.02 Å². The van der Waals surface area contributed by atoms with Crippen LogP contribution in [0.4, 0.5) is 0 Å². The molecule has 1 fully saturated rings. The van der Waals surface area contributed by atoms with E-state index in [2.05, 4.69) is 16.2 Å². The van der Waals surface area contributed by atoms with Gasteiger partial charge in [0.25, 0.3) is 0 Å². The minimum absolute atomic E-state index is 0.0712. The predicted molar refractivity (Wildman–Crippen MR) is 91.7 cm³/mol. The number of rotatable bonds is 4. The summed E-state index contributed by atoms with van der Waals surface area (Å²) in [5, 5.41) is 5.06. The Labute approximate surface area is 142 Å². The number of aryl methyl sites for hydroxylation is 2. The van der Waals surface area contributed by atoms with Gasteiger partial charge in [0, 0.05) is 48.4 Å². The molecule has 1 aliphatic rings. The molecule has 23 heavy (non-hydrogen) atoms. The second kappa shape index (κ2) is 6.85. The molecule has 4 nitrogen and oxygen atoms in total. The Balaban J connectivity index is 1.67. The van der Waals surface area contributed by atoms with Crippen LogP contribution in [0.1, 0.15) is 34.5 Å². The number of aromatic nitrogens is 2. The number of hydrogen-bond donors (Lipinski definition) is 0. The number of Topliss-reactive ketones (excluding diaryl/α,β-unsaturated/α-hetero) is 1. The van der Waals surface area contributed by atoms with Gasteiger partial charge in [-0.2, -0.15) is 5.10 Å². The van der Waals surface area contributed by atoms with Crippen molar-refractivity contribution >= 4 is 17.4 Å². The van der Waals surface area contributed by atoms with Gasteiger partial charge in [0.1, 0.15) is 0 Å². The lowest BCUT2D eigenvalue weighted by molar-refractivity contribution is 0.0811. The van der Waals surface area contributed by atoms with E-state index in [-0.39, 0.29) is 11.7 Å². The van der Waals surface area contributed by atoms with Gasteiger partial charge in [-0.1, -0.05) is 11.6 Å². The molecule has 0 amide bonds. The van der Waals surface area contributed by atoms with E-state index in [4.69, 9.17) is 11.6 Å². The molecule has 1 aliphatic heterocycles. The normalized spacial score (nSPS) is 19.0. The van der Waals surface area contributed by atoms with Crippen molar-refractivity contribution in [2.45, 2.75) is 26.3 Å². The van der Waals surface area contributed by atoms with Crippen molar-refractivity contribution in [2.75, 3.05) is 13.1 Å². The number of piperidine rings is 1. The zero-order chi connectivity index (χ0) is 16.4. The zero-order valence-electron chi connectivity index (χ0n) is 13.6. The van der Waals surface area contributed by atoms with Crippen molar-refractivity contribution in [3.63, 3.8) is 0 Å². The molecule has 0 radical (unpaired) electrons. The molecule has 0 unspecified atom stereocenters. The monoisotopic (exact) mass is 331 g/mol. The second-order valence-electron chi connectivity index (χ2n) is 6.36. The first kappa shape index (κ1) is 16.2. The van der Waals surface area contributed by atoms with Gasteiger partial charge in [0.05, 0.1) is 5.69 Å². The van der Waals surface area contributed by atoms with Crippen LogP contribution in [-0.2, 0) is 13.6 Å². The Morgan fingerprint density at radius 1 is 1.35 bits per heavy atom. The summed E-state index contributed by atoms with van der Waals surface area (Å²) in [4.78, 5) is 15.1. The highest BCUT2D eigenvalue weighted by atomic mass is 35.5. The van der Waals surface area contributed by atoms with E-state index in [1.807, 2.05) is 30.8 Å². The van der Waals surface area contributed by atoms with Gasteiger partial charge in [-0.15, -0.1) is 0 Å². The van der Waals surface area contributed by atoms with Crippen LogP contribution in [-0.4, -0.2) is 33.6 Å². The minimum Gasteiger partial charge on any atom is -0.298 e. The van der Waals surface area contributed by atoms with Crippen molar-refractivity contribution in [1.82, 2.24) is 14.7 Å². The van der Waals surface area contributed by atoms with Crippen molar-refractivity contribution in [2.24, 2.45) is 13.0 Å². The average molecular weight is 332 g/mol. The van der Waals surface area contributed by atoms with Crippen LogP contribution in [0, 0.1) is 12.8 Å². The van der Waals surface area contributed by atoms with Gasteiger partial charge in [-0.3, -0.25) is 14.4 Å². The number of benzene rings is 1. The van der Waals surface area contributed by atoms with Crippen LogP contribution < -0.4 is 0 Å². The molecule has 0 spiro atoms. The van der Waals surface area contributed by atoms with Crippen LogP contribution in [0.3, 0.4) is 0 Å². The van der Waals surface area contributed by atoms with E-state index in [9.17, 15) is 4.79 Å². The Bertz CT molecular complexity index is 693. The van der Waals surface area contributed by atoms with E-state index in [0.717, 1.165) is 43.7 Å². The molecule has 0 bridgehead atoms. The van der Waals surface area contributed by atoms with Crippen LogP contribution in [0.5, 0.6) is 0 Å². The van der Waals surface area contributed by atoms with Gasteiger partial charge in [0.15, 0.2) is 5.78 Å². The van der Waals surface area contributed by atoms with E-state index < -0.39 is 0 Å². The molecular formula is C18H22ClN3O. The zero-order valence-corrected chi connectivity index (χ0v) is 14.4. The van der Waals surface area contributed by atoms with Gasteiger partial charge in [-0.25, -0.2) is 0 Å². The van der Waals surface area contributed by atoms with Gasteiger partial charge in [0.2, 0.25) is 0 Å². The Morgan fingerprint density at radius 2 is 2.09 bits per heavy atom. The highest BCUT2D eigenvalue weighted by Crippen LogP contribution is 2.23. The number of ketones is 1. The lowest BCUT2D eigenvalue weighted by Crippen LogP contribution is -2.38. The number of likely N-dealkylation sites (tertiary alicyclic amines) is 1. The molecule has 1 aromatic carbocycles. The Morgan fingerprint density at radius 3 is 2.74 bits per heavy atom. The van der Waals surface area contributed by atoms with Crippen molar-refractivity contribution in [1.29, 1.82) is 0 Å². The molecule has 2 aromatic rings. The SMILES string of the molecule is Cc1nn(C)cc1CN1CCC[C@H](C(=O)c2ccc(Cl)cc2)C1. The van der Waals surface area contributed by atoms with Crippen molar-refractivity contribution < 1.29 is 4.79 Å². The summed E-state index contributed by atoms with van der Waals surface area (Å²) >= 11 is 5.90. The highest BCUT2D eigenvalue weighted by Gasteiger charge is 2.27. The van der Waals surface area contributed by atoms with Gasteiger partial charge in [-0.05, 0) is 50.6 Å². The van der Waals surface area contributed by atoms with E-state index in [1.165, 1.54) is 5.56 Å². The molecule has 1 atom stereocenters. The maximum Gasteiger partial charge on any atom is 0.167 e. The third-order valence-corrected chi connectivity index (χ3v) is 4.77. The Kier molecular flexibility index (Phi) is 4.83. The van der Waals surface area contributed by atoms with Crippen molar-refractivity contribution in [3.8, 4) is 0 Å². The van der Waals surface area contributed by atoms with Crippen LogP contribution >= 0.6 is 11.6 Å². The molecule has 1 saturated heterocycles. The molecule has 1 aromatic heterocycles. The van der Waals surface area contributed by atoms with Gasteiger partial charge < -0.3 is 0 Å². The molecule has 0 saturated carbocycles. The maximum absolute atomic E-state index is 12.7. The first-order valence-corrected chi connectivity index (χ1v) is 8.42. The fraction of sp³-hybridized carbons (Fsp3) is 0.444. The van der Waals surface area contributed by atoms with Crippen LogP contribution in [0.15, 0.2) is 30.5 Å². The lowest BCUT2D eigenvalue weighted by Gasteiger charge is -2.31. The second-order valence-corrected chi connectivity index (χ2v) is 6.80. The summed E-state index contributed by atoms with van der Waals surface area (Å²) in [6.07, 6.45) is 4.09. The first-order chi connectivity index (χ1) is 11.0. The van der Waals surface area contributed by atoms with Gasteiger partial charge >= 0.3 is 0 Å². The molecule has 5 heteroatoms. The summed E-state index contributed by atoms with van der Waals surface area (Å²) in [6, 6.07) is 7.23. The molecule has 122 valence electrons. The largest absolute Gasteiger partial charge is 0.298 e. The maximum atomic E-state index is 12.7. The number of carbonyl (C=O) groups excluding carboxylic acids is 1. The number of hydrogen-bond acceptors (Lipinski definition) is 3. The molecule has 3 rings (SSSR count). The van der Waals surface area contributed by atoms with Crippen LogP contribution in [0.2, 0.25) is 5.02 Å². The summed E-state index contributed by atoms with van der Waals surface area (Å²) in [6.45, 7) is 4.76. The first-order valence-electron chi connectivity index (χ1n) is 8.04. The fourth-order valence-corrected chi connectivity index (χ4v) is 3.43. The summed E-state index contributed by atoms with van der Waals surface area (Å²) in [7, 11) is 1.94. The number of nitrogens with zero attached hydrogens (tertiary/aromatic N) is 3. The summed E-state index contributed by atoms with van der Waals surface area (Å²) in [5.41, 5.74) is 3.07. The molecule has 0 N–H and O–H groups in total. The highest BCUT2D eigenvalue weighted by molar-refractivity contribution is 6.30. The number of carbonyl (C=O) groups is 1. The summed E-state index contributed by atoms with van der Waals surface area (Å²) in [5.74, 6) is 0.302. The third kappa shape index (κ3) is 3.82. The minimum atomic E-state index is 0.0712. The smallest absolute Gasteiger partial charge is 0.167 e. The topological polar surface area (TPSA) is 38.1 Å². The molecule has 0 aliphatic carbocycles. The van der Waals surface area contributed by atoms with E-state index in [1.54, 1.807) is 12.1 Å².